The molecule has 2 aromatic carbocycles. The van der Waals surface area contributed by atoms with E-state index >= 15 is 0 Å². The SMILES string of the molecule is COc1cccc([C@H](C(=O)NC2CCCC2)N(C(=O)c2ccco2)c2ccc(OC)cc2OC)c1. The van der Waals surface area contributed by atoms with Gasteiger partial charge in [-0.15, -0.1) is 0 Å². The minimum atomic E-state index is -1.01. The van der Waals surface area contributed by atoms with E-state index < -0.39 is 11.9 Å². The third kappa shape index (κ3) is 5.26. The van der Waals surface area contributed by atoms with Crippen molar-refractivity contribution in [1.82, 2.24) is 5.32 Å². The molecule has 0 spiro atoms. The number of amides is 2. The van der Waals surface area contributed by atoms with Gasteiger partial charge in [0.15, 0.2) is 5.76 Å². The fourth-order valence-corrected chi connectivity index (χ4v) is 4.45. The lowest BCUT2D eigenvalue weighted by Gasteiger charge is -2.32. The van der Waals surface area contributed by atoms with Crippen molar-refractivity contribution >= 4 is 17.5 Å². The Morgan fingerprint density at radius 3 is 2.34 bits per heavy atom. The molecule has 1 saturated carbocycles. The van der Waals surface area contributed by atoms with Gasteiger partial charge in [-0.3, -0.25) is 14.5 Å². The highest BCUT2D eigenvalue weighted by Crippen LogP contribution is 2.39. The number of carbonyl (C=O) groups excluding carboxylic acids is 2. The fourth-order valence-electron chi connectivity index (χ4n) is 4.45. The third-order valence-electron chi connectivity index (χ3n) is 6.21. The van der Waals surface area contributed by atoms with E-state index in [1.54, 1.807) is 68.8 Å². The molecule has 1 aliphatic carbocycles. The molecule has 4 rings (SSSR count). The predicted molar refractivity (Wildman–Crippen MR) is 131 cm³/mol. The van der Waals surface area contributed by atoms with Gasteiger partial charge in [0, 0.05) is 12.1 Å². The molecule has 184 valence electrons. The van der Waals surface area contributed by atoms with Crippen molar-refractivity contribution in [2.24, 2.45) is 0 Å². The summed E-state index contributed by atoms with van der Waals surface area (Å²) in [5.41, 5.74) is 1.00. The van der Waals surface area contributed by atoms with Crippen LogP contribution in [0.15, 0.2) is 65.3 Å². The zero-order chi connectivity index (χ0) is 24.8. The molecule has 0 radical (unpaired) electrons. The van der Waals surface area contributed by atoms with Crippen molar-refractivity contribution < 1.29 is 28.2 Å². The first-order valence-corrected chi connectivity index (χ1v) is 11.6. The lowest BCUT2D eigenvalue weighted by molar-refractivity contribution is -0.123. The lowest BCUT2D eigenvalue weighted by Crippen LogP contribution is -2.46. The summed E-state index contributed by atoms with van der Waals surface area (Å²) in [7, 11) is 4.62. The van der Waals surface area contributed by atoms with Crippen molar-refractivity contribution in [3.8, 4) is 17.2 Å². The van der Waals surface area contributed by atoms with Crippen LogP contribution >= 0.6 is 0 Å². The zero-order valence-electron chi connectivity index (χ0n) is 20.2. The van der Waals surface area contributed by atoms with E-state index in [1.807, 2.05) is 0 Å². The first-order chi connectivity index (χ1) is 17.0. The molecule has 1 heterocycles. The van der Waals surface area contributed by atoms with Gasteiger partial charge < -0.3 is 23.9 Å². The van der Waals surface area contributed by atoms with Crippen LogP contribution in [0.5, 0.6) is 17.2 Å². The van der Waals surface area contributed by atoms with Gasteiger partial charge in [-0.25, -0.2) is 0 Å². The van der Waals surface area contributed by atoms with Crippen LogP contribution in [0.2, 0.25) is 0 Å². The van der Waals surface area contributed by atoms with Gasteiger partial charge in [-0.2, -0.15) is 0 Å². The van der Waals surface area contributed by atoms with E-state index in [0.717, 1.165) is 25.7 Å². The average Bonchev–Trinajstić information content (AvgIpc) is 3.61. The Balaban J connectivity index is 1.88. The summed E-state index contributed by atoms with van der Waals surface area (Å²) in [4.78, 5) is 29.2. The van der Waals surface area contributed by atoms with Crippen LogP contribution in [0, 0.1) is 0 Å². The molecule has 1 atom stereocenters. The Morgan fingerprint density at radius 1 is 0.943 bits per heavy atom. The maximum Gasteiger partial charge on any atom is 0.295 e. The summed E-state index contributed by atoms with van der Waals surface area (Å²) in [5, 5.41) is 3.16. The summed E-state index contributed by atoms with van der Waals surface area (Å²) in [6.45, 7) is 0. The Bertz CT molecular complexity index is 1150. The van der Waals surface area contributed by atoms with E-state index in [-0.39, 0.29) is 17.7 Å². The topological polar surface area (TPSA) is 90.2 Å². The lowest BCUT2D eigenvalue weighted by atomic mass is 10.0. The Morgan fingerprint density at radius 2 is 1.69 bits per heavy atom. The number of benzene rings is 2. The molecule has 1 N–H and O–H groups in total. The average molecular weight is 479 g/mol. The van der Waals surface area contributed by atoms with Gasteiger partial charge in [0.2, 0.25) is 5.91 Å². The molecular weight excluding hydrogens is 448 g/mol. The Hall–Kier alpha value is -3.94. The first-order valence-electron chi connectivity index (χ1n) is 11.6. The number of ether oxygens (including phenoxy) is 3. The van der Waals surface area contributed by atoms with Gasteiger partial charge in [0.1, 0.15) is 23.3 Å². The molecule has 35 heavy (non-hydrogen) atoms. The van der Waals surface area contributed by atoms with E-state index in [9.17, 15) is 9.59 Å². The smallest absolute Gasteiger partial charge is 0.295 e. The van der Waals surface area contributed by atoms with Crippen molar-refractivity contribution in [1.29, 1.82) is 0 Å². The number of furan rings is 1. The molecule has 8 nitrogen and oxygen atoms in total. The van der Waals surface area contributed by atoms with Crippen LogP contribution < -0.4 is 24.4 Å². The minimum Gasteiger partial charge on any atom is -0.497 e. The third-order valence-corrected chi connectivity index (χ3v) is 6.21. The molecule has 1 aromatic heterocycles. The highest BCUT2D eigenvalue weighted by Gasteiger charge is 2.37. The second kappa shape index (κ2) is 11.0. The first kappa shape index (κ1) is 24.2. The van der Waals surface area contributed by atoms with Crippen LogP contribution in [0.4, 0.5) is 5.69 Å². The number of hydrogen-bond acceptors (Lipinski definition) is 6. The largest absolute Gasteiger partial charge is 0.497 e. The second-order valence-corrected chi connectivity index (χ2v) is 8.36. The quantitative estimate of drug-likeness (QED) is 0.477. The van der Waals surface area contributed by atoms with Crippen LogP contribution in [-0.2, 0) is 4.79 Å². The van der Waals surface area contributed by atoms with Gasteiger partial charge in [-0.05, 0) is 54.8 Å². The highest BCUT2D eigenvalue weighted by molar-refractivity contribution is 6.09. The van der Waals surface area contributed by atoms with E-state index in [2.05, 4.69) is 5.32 Å². The van der Waals surface area contributed by atoms with E-state index in [4.69, 9.17) is 18.6 Å². The summed E-state index contributed by atoms with van der Waals surface area (Å²) in [6.07, 6.45) is 5.38. The van der Waals surface area contributed by atoms with Crippen molar-refractivity contribution in [3.63, 3.8) is 0 Å². The Labute approximate surface area is 204 Å². The predicted octanol–water partition coefficient (Wildman–Crippen LogP) is 4.75. The van der Waals surface area contributed by atoms with Crippen LogP contribution in [0.1, 0.15) is 47.8 Å². The van der Waals surface area contributed by atoms with E-state index in [0.29, 0.717) is 28.5 Å². The van der Waals surface area contributed by atoms with Gasteiger partial charge in [-0.1, -0.05) is 25.0 Å². The van der Waals surface area contributed by atoms with Crippen molar-refractivity contribution in [2.75, 3.05) is 26.2 Å². The second-order valence-electron chi connectivity index (χ2n) is 8.36. The number of nitrogens with one attached hydrogen (secondary N) is 1. The van der Waals surface area contributed by atoms with E-state index in [1.165, 1.54) is 18.3 Å². The number of hydrogen-bond donors (Lipinski definition) is 1. The van der Waals surface area contributed by atoms with Crippen LogP contribution in [-0.4, -0.2) is 39.2 Å². The van der Waals surface area contributed by atoms with Gasteiger partial charge in [0.05, 0.1) is 33.3 Å². The minimum absolute atomic E-state index is 0.0638. The molecule has 2 amide bonds. The van der Waals surface area contributed by atoms with Crippen LogP contribution in [0.25, 0.3) is 0 Å². The van der Waals surface area contributed by atoms with Crippen LogP contribution in [0.3, 0.4) is 0 Å². The van der Waals surface area contributed by atoms with Crippen molar-refractivity contribution in [3.05, 3.63) is 72.2 Å². The maximum absolute atomic E-state index is 13.9. The number of carbonyl (C=O) groups is 2. The normalized spacial score (nSPS) is 14.3. The summed E-state index contributed by atoms with van der Waals surface area (Å²) in [5.74, 6) is 0.851. The molecule has 0 bridgehead atoms. The molecule has 8 heteroatoms. The molecule has 3 aromatic rings. The number of nitrogens with zero attached hydrogens (tertiary/aromatic N) is 1. The number of methoxy groups -OCH3 is 3. The zero-order valence-corrected chi connectivity index (χ0v) is 20.2. The highest BCUT2D eigenvalue weighted by atomic mass is 16.5. The van der Waals surface area contributed by atoms with Gasteiger partial charge in [0.25, 0.3) is 5.91 Å². The van der Waals surface area contributed by atoms with Gasteiger partial charge >= 0.3 is 0 Å². The summed E-state index contributed by atoms with van der Waals surface area (Å²) >= 11 is 0. The van der Waals surface area contributed by atoms with Crippen molar-refractivity contribution in [2.45, 2.75) is 37.8 Å². The maximum atomic E-state index is 13.9. The Kier molecular flexibility index (Phi) is 7.60. The summed E-state index contributed by atoms with van der Waals surface area (Å²) in [6, 6.07) is 14.5. The molecular formula is C27H30N2O6. The fraction of sp³-hybridized carbons (Fsp3) is 0.333. The summed E-state index contributed by atoms with van der Waals surface area (Å²) < 4.78 is 21.8. The molecule has 0 unspecified atom stereocenters. The molecule has 0 aliphatic heterocycles. The monoisotopic (exact) mass is 478 g/mol. The number of rotatable bonds is 9. The molecule has 0 saturated heterocycles. The number of anilines is 1. The molecule has 1 aliphatic rings. The molecule has 1 fully saturated rings. The standard InChI is InChI=1S/C27H30N2O6/c1-32-20-11-6-8-18(16-20)25(26(30)28-19-9-4-5-10-19)29(27(31)23-12-7-15-35-23)22-14-13-21(33-2)17-24(22)34-3/h6-8,11-17,19,25H,4-5,9-10H2,1-3H3,(H,28,30)/t25-/m1/s1.